The number of esters is 1. The van der Waals surface area contributed by atoms with Crippen molar-refractivity contribution in [3.8, 4) is 0 Å². The summed E-state index contributed by atoms with van der Waals surface area (Å²) in [6.45, 7) is 4.84. The number of carbonyl (C=O) groups excluding carboxylic acids is 2. The highest BCUT2D eigenvalue weighted by Gasteiger charge is 2.19. The number of hydrogen-bond donors (Lipinski definition) is 3. The number of ether oxygens (including phenoxy) is 1. The molecule has 0 aliphatic heterocycles. The molecule has 272 valence electrons. The zero-order valence-electron chi connectivity index (χ0n) is 30.4. The number of carboxylic acids is 1. The van der Waals surface area contributed by atoms with Crippen LogP contribution in [0.3, 0.4) is 0 Å². The number of aliphatic carboxylic acids is 1. The highest BCUT2D eigenvalue weighted by Crippen LogP contribution is 2.17. The maximum Gasteiger partial charge on any atom is 0.326 e. The second-order valence-corrected chi connectivity index (χ2v) is 13.0. The van der Waals surface area contributed by atoms with Gasteiger partial charge in [0.05, 0.1) is 0 Å². The van der Waals surface area contributed by atoms with E-state index in [4.69, 9.17) is 10.5 Å². The fraction of sp³-hybridized carbons (Fsp3) is 0.775. The van der Waals surface area contributed by atoms with Crippen LogP contribution in [0.5, 0.6) is 0 Å². The maximum atomic E-state index is 12.6. The number of nitrogens with two attached hydrogens (primary N) is 1. The number of nitrogens with one attached hydrogen (secondary N) is 1. The minimum Gasteiger partial charge on any atom is -0.480 e. The zero-order valence-corrected chi connectivity index (χ0v) is 30.4. The summed E-state index contributed by atoms with van der Waals surface area (Å²) in [6.07, 6.45) is 39.2. The molecule has 0 heterocycles. The van der Waals surface area contributed by atoms with Crippen LogP contribution in [0.15, 0.2) is 36.5 Å². The number of carboxylic acid groups (broad SMARTS) is 1. The lowest BCUT2D eigenvalue weighted by atomic mass is 10.0. The Bertz CT molecular complexity index is 838. The van der Waals surface area contributed by atoms with Crippen molar-refractivity contribution < 1.29 is 24.2 Å². The van der Waals surface area contributed by atoms with Crippen molar-refractivity contribution >= 4 is 17.8 Å². The van der Waals surface area contributed by atoms with Crippen LogP contribution >= 0.6 is 0 Å². The third kappa shape index (κ3) is 31.9. The molecule has 0 spiro atoms. The number of hydrogen-bond acceptors (Lipinski definition) is 5. The molecule has 7 nitrogen and oxygen atoms in total. The molecule has 0 saturated carbocycles. The molecule has 0 saturated heterocycles. The highest BCUT2D eigenvalue weighted by atomic mass is 16.5. The molecular weight excluding hydrogens is 588 g/mol. The normalized spacial score (nSPS) is 13.1. The van der Waals surface area contributed by atoms with E-state index in [0.717, 1.165) is 70.6 Å². The molecule has 0 rings (SSSR count). The Labute approximate surface area is 288 Å². The lowest BCUT2D eigenvalue weighted by Gasteiger charge is -2.18. The number of carbonyl (C=O) groups is 3. The van der Waals surface area contributed by atoms with Crippen LogP contribution in [0.2, 0.25) is 0 Å². The summed E-state index contributed by atoms with van der Waals surface area (Å²) >= 11 is 0. The smallest absolute Gasteiger partial charge is 0.326 e. The monoisotopic (exact) mass is 661 g/mol. The van der Waals surface area contributed by atoms with E-state index in [-0.39, 0.29) is 18.0 Å². The topological polar surface area (TPSA) is 119 Å². The molecule has 0 bridgehead atoms. The molecule has 0 aliphatic rings. The molecule has 47 heavy (non-hydrogen) atoms. The van der Waals surface area contributed by atoms with Gasteiger partial charge in [-0.15, -0.1) is 0 Å². The second kappa shape index (κ2) is 34.9. The van der Waals surface area contributed by atoms with Gasteiger partial charge >= 0.3 is 11.9 Å². The Morgan fingerprint density at radius 3 is 1.70 bits per heavy atom. The summed E-state index contributed by atoms with van der Waals surface area (Å²) in [4.78, 5) is 36.1. The lowest BCUT2D eigenvalue weighted by molar-refractivity contribution is -0.150. The average molecular weight is 661 g/mol. The van der Waals surface area contributed by atoms with Crippen LogP contribution in [0, 0.1) is 0 Å². The summed E-state index contributed by atoms with van der Waals surface area (Å²) in [7, 11) is 0. The summed E-state index contributed by atoms with van der Waals surface area (Å²) in [5.74, 6) is -1.33. The van der Waals surface area contributed by atoms with Gasteiger partial charge in [-0.25, -0.2) is 4.79 Å². The van der Waals surface area contributed by atoms with Crippen molar-refractivity contribution in [3.05, 3.63) is 36.5 Å². The van der Waals surface area contributed by atoms with Gasteiger partial charge in [0.15, 0.2) is 0 Å². The van der Waals surface area contributed by atoms with Gasteiger partial charge in [-0.1, -0.05) is 115 Å². The first-order chi connectivity index (χ1) is 22.9. The third-order valence-corrected chi connectivity index (χ3v) is 8.46. The van der Waals surface area contributed by atoms with E-state index in [1.54, 1.807) is 0 Å². The molecule has 4 N–H and O–H groups in total. The third-order valence-electron chi connectivity index (χ3n) is 8.46. The molecule has 1 amide bonds. The Kier molecular flexibility index (Phi) is 33.1. The Hall–Kier alpha value is -2.41. The summed E-state index contributed by atoms with van der Waals surface area (Å²) in [5, 5.41) is 11.9. The van der Waals surface area contributed by atoms with E-state index in [1.165, 1.54) is 64.2 Å². The van der Waals surface area contributed by atoms with Gasteiger partial charge in [-0.2, -0.15) is 0 Å². The summed E-state index contributed by atoms with van der Waals surface area (Å²) in [5.41, 5.74) is 5.46. The van der Waals surface area contributed by atoms with Crippen molar-refractivity contribution in [1.82, 2.24) is 5.32 Å². The second-order valence-electron chi connectivity index (χ2n) is 13.0. The predicted octanol–water partition coefficient (Wildman–Crippen LogP) is 10.3. The van der Waals surface area contributed by atoms with Gasteiger partial charge in [-0.3, -0.25) is 9.59 Å². The van der Waals surface area contributed by atoms with Crippen LogP contribution in [0.1, 0.15) is 181 Å². The van der Waals surface area contributed by atoms with E-state index in [9.17, 15) is 19.5 Å². The maximum absolute atomic E-state index is 12.6. The van der Waals surface area contributed by atoms with Gasteiger partial charge in [0.25, 0.3) is 0 Å². The molecule has 0 aromatic carbocycles. The van der Waals surface area contributed by atoms with Crippen molar-refractivity contribution in [1.29, 1.82) is 0 Å². The van der Waals surface area contributed by atoms with Crippen molar-refractivity contribution in [2.75, 3.05) is 6.54 Å². The molecule has 0 aromatic heterocycles. The molecule has 7 heteroatoms. The standard InChI is InChI=1S/C40H72N2O5/c1-3-5-7-9-10-11-12-13-14-15-16-17-18-19-20-21-22-23-28-34-39(44)47-36(30-25-8-6-4-2)31-26-24-27-33-38(43)42-37(40(45)46)32-29-35-41/h10-11,13-14,16-17,36-37H,3-9,12,15,18-35,41H2,1-2H3,(H,42,43)(H,45,46)/b11-10-,14-13-,17-16-. The molecule has 0 fully saturated rings. The van der Waals surface area contributed by atoms with Gasteiger partial charge < -0.3 is 20.9 Å². The molecular formula is C40H72N2O5. The Morgan fingerprint density at radius 2 is 1.11 bits per heavy atom. The number of unbranched alkanes of at least 4 members (excludes halogenated alkanes) is 14. The molecule has 0 radical (unpaired) electrons. The average Bonchev–Trinajstić information content (AvgIpc) is 3.05. The lowest BCUT2D eigenvalue weighted by Crippen LogP contribution is -2.40. The molecule has 2 atom stereocenters. The van der Waals surface area contributed by atoms with Crippen LogP contribution in [0.25, 0.3) is 0 Å². The van der Waals surface area contributed by atoms with Gasteiger partial charge in [0.1, 0.15) is 12.1 Å². The Morgan fingerprint density at radius 1 is 0.617 bits per heavy atom. The van der Waals surface area contributed by atoms with E-state index in [2.05, 4.69) is 55.6 Å². The van der Waals surface area contributed by atoms with Crippen LogP contribution in [-0.2, 0) is 19.1 Å². The van der Waals surface area contributed by atoms with Gasteiger partial charge in [0.2, 0.25) is 5.91 Å². The van der Waals surface area contributed by atoms with Gasteiger partial charge in [0, 0.05) is 12.8 Å². The SMILES string of the molecule is CCCCC/C=C\C/C=C\C/C=C\CCCCCCCCC(=O)OC(CCCCCC)CCCCCC(=O)NC(CCCN)C(=O)O. The Balaban J connectivity index is 4.05. The predicted molar refractivity (Wildman–Crippen MR) is 197 cm³/mol. The summed E-state index contributed by atoms with van der Waals surface area (Å²) < 4.78 is 5.90. The highest BCUT2D eigenvalue weighted by molar-refractivity contribution is 5.83. The minimum atomic E-state index is -1.02. The van der Waals surface area contributed by atoms with Crippen LogP contribution < -0.4 is 11.1 Å². The molecule has 0 aliphatic carbocycles. The minimum absolute atomic E-state index is 0.0541. The van der Waals surface area contributed by atoms with Crippen molar-refractivity contribution in [3.63, 3.8) is 0 Å². The quantitative estimate of drug-likeness (QED) is 0.0359. The first-order valence-corrected chi connectivity index (χ1v) is 19.3. The summed E-state index contributed by atoms with van der Waals surface area (Å²) in [6, 6.07) is -0.874. The molecule has 0 aromatic rings. The zero-order chi connectivity index (χ0) is 34.6. The van der Waals surface area contributed by atoms with E-state index in [0.29, 0.717) is 38.6 Å². The van der Waals surface area contributed by atoms with Crippen molar-refractivity contribution in [2.24, 2.45) is 5.73 Å². The fourth-order valence-corrected chi connectivity index (χ4v) is 5.51. The van der Waals surface area contributed by atoms with Crippen LogP contribution in [-0.4, -0.2) is 41.6 Å². The number of allylic oxidation sites excluding steroid dienone is 6. The van der Waals surface area contributed by atoms with E-state index in [1.807, 2.05) is 0 Å². The first kappa shape index (κ1) is 44.6. The largest absolute Gasteiger partial charge is 0.480 e. The van der Waals surface area contributed by atoms with Gasteiger partial charge in [-0.05, 0) is 96.4 Å². The fourth-order valence-electron chi connectivity index (χ4n) is 5.51. The van der Waals surface area contributed by atoms with Crippen molar-refractivity contribution in [2.45, 2.75) is 193 Å². The molecule has 2 unspecified atom stereocenters. The number of rotatable bonds is 34. The number of amides is 1. The van der Waals surface area contributed by atoms with E-state index < -0.39 is 12.0 Å². The van der Waals surface area contributed by atoms with E-state index >= 15 is 0 Å². The first-order valence-electron chi connectivity index (χ1n) is 19.3. The van der Waals surface area contributed by atoms with Crippen LogP contribution in [0.4, 0.5) is 0 Å².